The van der Waals surface area contributed by atoms with Crippen LogP contribution >= 0.6 is 0 Å². The number of hydrogen-bond acceptors (Lipinski definition) is 1. The molecule has 0 aliphatic carbocycles. The maximum atomic E-state index is 12.3. The van der Waals surface area contributed by atoms with Gasteiger partial charge in [0.25, 0.3) is 0 Å². The lowest BCUT2D eigenvalue weighted by Gasteiger charge is -1.91. The second-order valence-electron chi connectivity index (χ2n) is 1.82. The van der Waals surface area contributed by atoms with Crippen LogP contribution in [0.15, 0.2) is 23.7 Å². The standard InChI is InChI=1S/C7H11F2N/c1-2-7(10)5-6(9)3-4-8/h3,5H,2,4,10H2,1H3/b6-3+,7-5+. The van der Waals surface area contributed by atoms with Gasteiger partial charge in [-0.1, -0.05) is 6.92 Å². The van der Waals surface area contributed by atoms with Crippen molar-refractivity contribution in [3.63, 3.8) is 0 Å². The molecule has 0 aliphatic heterocycles. The maximum absolute atomic E-state index is 12.3. The Balaban J connectivity index is 3.98. The van der Waals surface area contributed by atoms with Gasteiger partial charge in [0.05, 0.1) is 0 Å². The molecule has 2 N–H and O–H groups in total. The van der Waals surface area contributed by atoms with Crippen molar-refractivity contribution in [2.24, 2.45) is 5.73 Å². The summed E-state index contributed by atoms with van der Waals surface area (Å²) in [5.41, 5.74) is 5.68. The van der Waals surface area contributed by atoms with Gasteiger partial charge in [-0.05, 0) is 18.6 Å². The molecule has 0 aromatic heterocycles. The lowest BCUT2D eigenvalue weighted by atomic mass is 10.3. The first kappa shape index (κ1) is 9.14. The van der Waals surface area contributed by atoms with Crippen LogP contribution in [0.4, 0.5) is 8.78 Å². The Morgan fingerprint density at radius 2 is 2.20 bits per heavy atom. The van der Waals surface area contributed by atoms with Crippen molar-refractivity contribution in [2.75, 3.05) is 6.67 Å². The maximum Gasteiger partial charge on any atom is 0.123 e. The molecule has 0 spiro atoms. The first-order chi connectivity index (χ1) is 4.70. The van der Waals surface area contributed by atoms with Crippen LogP contribution < -0.4 is 5.73 Å². The first-order valence-electron chi connectivity index (χ1n) is 3.08. The fraction of sp³-hybridized carbons (Fsp3) is 0.429. The fourth-order valence-corrected chi connectivity index (χ4v) is 0.412. The molecule has 0 saturated carbocycles. The molecule has 0 heterocycles. The van der Waals surface area contributed by atoms with Crippen LogP contribution in [-0.2, 0) is 0 Å². The Hall–Kier alpha value is -0.860. The lowest BCUT2D eigenvalue weighted by Crippen LogP contribution is -1.94. The Labute approximate surface area is 59.2 Å². The summed E-state index contributed by atoms with van der Waals surface area (Å²) in [5.74, 6) is -0.609. The zero-order chi connectivity index (χ0) is 7.98. The number of rotatable bonds is 3. The highest BCUT2D eigenvalue weighted by molar-refractivity contribution is 5.15. The second-order valence-corrected chi connectivity index (χ2v) is 1.82. The van der Waals surface area contributed by atoms with E-state index in [1.165, 1.54) is 0 Å². The summed E-state index contributed by atoms with van der Waals surface area (Å²) in [6.45, 7) is 1.01. The average molecular weight is 147 g/mol. The predicted octanol–water partition coefficient (Wildman–Crippen LogP) is 2.06. The van der Waals surface area contributed by atoms with Gasteiger partial charge in [-0.15, -0.1) is 0 Å². The summed E-state index contributed by atoms with van der Waals surface area (Å²) in [6.07, 6.45) is 2.54. The molecule has 1 nitrogen and oxygen atoms in total. The summed E-state index contributed by atoms with van der Waals surface area (Å²) < 4.78 is 23.7. The number of alkyl halides is 1. The topological polar surface area (TPSA) is 26.0 Å². The van der Waals surface area contributed by atoms with Crippen LogP contribution in [0.3, 0.4) is 0 Å². The Kier molecular flexibility index (Phi) is 4.54. The van der Waals surface area contributed by atoms with E-state index in [-0.39, 0.29) is 0 Å². The molecule has 10 heavy (non-hydrogen) atoms. The lowest BCUT2D eigenvalue weighted by molar-refractivity contribution is 0.547. The molecule has 0 aromatic rings. The van der Waals surface area contributed by atoms with Crippen LogP contribution in [0.25, 0.3) is 0 Å². The number of nitrogens with two attached hydrogens (primary N) is 1. The van der Waals surface area contributed by atoms with Crippen LogP contribution in [0.2, 0.25) is 0 Å². The summed E-state index contributed by atoms with van der Waals surface area (Å²) in [6, 6.07) is 0. The molecular weight excluding hydrogens is 136 g/mol. The Morgan fingerprint density at radius 3 is 2.60 bits per heavy atom. The molecular formula is C7H11F2N. The van der Waals surface area contributed by atoms with Crippen LogP contribution in [-0.4, -0.2) is 6.67 Å². The van der Waals surface area contributed by atoms with Crippen molar-refractivity contribution >= 4 is 0 Å². The molecule has 0 fully saturated rings. The Bertz CT molecular complexity index is 150. The minimum Gasteiger partial charge on any atom is -0.402 e. The first-order valence-corrected chi connectivity index (χ1v) is 3.08. The van der Waals surface area contributed by atoms with Crippen LogP contribution in [0.5, 0.6) is 0 Å². The van der Waals surface area contributed by atoms with E-state index in [0.717, 1.165) is 12.2 Å². The van der Waals surface area contributed by atoms with Gasteiger partial charge >= 0.3 is 0 Å². The fourth-order valence-electron chi connectivity index (χ4n) is 0.412. The molecule has 0 atom stereocenters. The minimum absolute atomic E-state index is 0.419. The zero-order valence-corrected chi connectivity index (χ0v) is 5.90. The number of allylic oxidation sites excluding steroid dienone is 4. The third kappa shape index (κ3) is 4.06. The quantitative estimate of drug-likeness (QED) is 0.607. The van der Waals surface area contributed by atoms with Gasteiger partial charge in [0.15, 0.2) is 0 Å². The zero-order valence-electron chi connectivity index (χ0n) is 5.90. The van der Waals surface area contributed by atoms with E-state index in [4.69, 9.17) is 5.73 Å². The van der Waals surface area contributed by atoms with Gasteiger partial charge in [0.1, 0.15) is 12.5 Å². The van der Waals surface area contributed by atoms with E-state index in [1.54, 1.807) is 6.92 Å². The number of hydrogen-bond donors (Lipinski definition) is 1. The molecule has 0 radical (unpaired) electrons. The Morgan fingerprint density at radius 1 is 1.60 bits per heavy atom. The molecule has 58 valence electrons. The van der Waals surface area contributed by atoms with Crippen molar-refractivity contribution in [3.05, 3.63) is 23.7 Å². The van der Waals surface area contributed by atoms with Crippen LogP contribution in [0, 0.1) is 0 Å². The SMILES string of the molecule is CC/C(N)=C\C(F)=C/CF. The summed E-state index contributed by atoms with van der Waals surface area (Å²) in [5, 5.41) is 0. The summed E-state index contributed by atoms with van der Waals surface area (Å²) >= 11 is 0. The van der Waals surface area contributed by atoms with Crippen molar-refractivity contribution in [2.45, 2.75) is 13.3 Å². The summed E-state index contributed by atoms with van der Waals surface area (Å²) in [4.78, 5) is 0. The molecule has 0 amide bonds. The predicted molar refractivity (Wildman–Crippen MR) is 37.7 cm³/mol. The molecule has 3 heteroatoms. The minimum atomic E-state index is -0.792. The molecule has 0 rings (SSSR count). The smallest absolute Gasteiger partial charge is 0.123 e. The largest absolute Gasteiger partial charge is 0.402 e. The van der Waals surface area contributed by atoms with Gasteiger partial charge in [-0.2, -0.15) is 0 Å². The third-order valence-corrected chi connectivity index (χ3v) is 1.00. The van der Waals surface area contributed by atoms with Gasteiger partial charge in [0, 0.05) is 5.70 Å². The van der Waals surface area contributed by atoms with E-state index in [1.807, 2.05) is 0 Å². The molecule has 0 bridgehead atoms. The van der Waals surface area contributed by atoms with Crippen molar-refractivity contribution < 1.29 is 8.78 Å². The highest BCUT2D eigenvalue weighted by Gasteiger charge is 1.89. The number of halogens is 2. The molecule has 0 aliphatic rings. The van der Waals surface area contributed by atoms with E-state index in [9.17, 15) is 8.78 Å². The van der Waals surface area contributed by atoms with E-state index >= 15 is 0 Å². The monoisotopic (exact) mass is 147 g/mol. The molecule has 0 aromatic carbocycles. The van der Waals surface area contributed by atoms with E-state index < -0.39 is 12.5 Å². The highest BCUT2D eigenvalue weighted by atomic mass is 19.1. The van der Waals surface area contributed by atoms with Crippen molar-refractivity contribution in [1.29, 1.82) is 0 Å². The van der Waals surface area contributed by atoms with Crippen LogP contribution in [0.1, 0.15) is 13.3 Å². The highest BCUT2D eigenvalue weighted by Crippen LogP contribution is 2.02. The van der Waals surface area contributed by atoms with Gasteiger partial charge in [0.2, 0.25) is 0 Å². The van der Waals surface area contributed by atoms with Gasteiger partial charge in [-0.3, -0.25) is 0 Å². The van der Waals surface area contributed by atoms with Crippen molar-refractivity contribution in [1.82, 2.24) is 0 Å². The van der Waals surface area contributed by atoms with E-state index in [2.05, 4.69) is 0 Å². The third-order valence-electron chi connectivity index (χ3n) is 1.00. The normalized spacial score (nSPS) is 13.9. The van der Waals surface area contributed by atoms with Gasteiger partial charge in [-0.25, -0.2) is 8.78 Å². The van der Waals surface area contributed by atoms with Crippen molar-refractivity contribution in [3.8, 4) is 0 Å². The average Bonchev–Trinajstić information content (AvgIpc) is 1.88. The molecule has 0 saturated heterocycles. The second kappa shape index (κ2) is 4.97. The molecule has 0 unspecified atom stereocenters. The van der Waals surface area contributed by atoms with Gasteiger partial charge < -0.3 is 5.73 Å². The van der Waals surface area contributed by atoms with E-state index in [0.29, 0.717) is 12.1 Å². The summed E-state index contributed by atoms with van der Waals surface area (Å²) in [7, 11) is 0.